The van der Waals surface area contributed by atoms with E-state index in [2.05, 4.69) is 5.32 Å². The Hall–Kier alpha value is -1.75. The molecular formula is C13H12FNO2S. The molecule has 0 saturated heterocycles. The maximum Gasteiger partial charge on any atom is 0.230 e. The van der Waals surface area contributed by atoms with Gasteiger partial charge in [-0.25, -0.2) is 4.39 Å². The summed E-state index contributed by atoms with van der Waals surface area (Å²) in [5, 5.41) is 2.70. The molecule has 5 heteroatoms. The second kappa shape index (κ2) is 6.26. The van der Waals surface area contributed by atoms with E-state index in [1.807, 2.05) is 0 Å². The summed E-state index contributed by atoms with van der Waals surface area (Å²) < 4.78 is 18.4. The van der Waals surface area contributed by atoms with Gasteiger partial charge in [0.15, 0.2) is 0 Å². The SMILES string of the molecule is O=C(CSc1ccccc1F)NCc1ccco1. The molecule has 3 nitrogen and oxygen atoms in total. The molecule has 0 radical (unpaired) electrons. The standard InChI is InChI=1S/C13H12FNO2S/c14-11-5-1-2-6-12(11)18-9-13(16)15-8-10-4-3-7-17-10/h1-7H,8-9H2,(H,15,16). The van der Waals surface area contributed by atoms with E-state index < -0.39 is 0 Å². The van der Waals surface area contributed by atoms with Crippen molar-refractivity contribution >= 4 is 17.7 Å². The Morgan fingerprint density at radius 1 is 1.28 bits per heavy atom. The lowest BCUT2D eigenvalue weighted by Crippen LogP contribution is -2.24. The van der Waals surface area contributed by atoms with Crippen LogP contribution in [0.2, 0.25) is 0 Å². The van der Waals surface area contributed by atoms with Crippen LogP contribution in [0.5, 0.6) is 0 Å². The molecule has 0 aliphatic heterocycles. The molecule has 1 heterocycles. The van der Waals surface area contributed by atoms with E-state index in [9.17, 15) is 9.18 Å². The Labute approximate surface area is 108 Å². The minimum absolute atomic E-state index is 0.153. The molecule has 0 saturated carbocycles. The van der Waals surface area contributed by atoms with Crippen molar-refractivity contribution < 1.29 is 13.6 Å². The van der Waals surface area contributed by atoms with Gasteiger partial charge in [0.1, 0.15) is 11.6 Å². The second-order valence-electron chi connectivity index (χ2n) is 3.58. The Morgan fingerprint density at radius 2 is 2.11 bits per heavy atom. The van der Waals surface area contributed by atoms with E-state index in [0.717, 1.165) is 0 Å². The second-order valence-corrected chi connectivity index (χ2v) is 4.59. The largest absolute Gasteiger partial charge is 0.467 e. The highest BCUT2D eigenvalue weighted by atomic mass is 32.2. The van der Waals surface area contributed by atoms with Crippen LogP contribution < -0.4 is 5.32 Å². The van der Waals surface area contributed by atoms with E-state index in [1.165, 1.54) is 17.8 Å². The molecule has 2 aromatic rings. The summed E-state index contributed by atoms with van der Waals surface area (Å²) in [6, 6.07) is 9.94. The number of amides is 1. The maximum absolute atomic E-state index is 13.3. The summed E-state index contributed by atoms with van der Waals surface area (Å²) >= 11 is 1.17. The number of hydrogen-bond donors (Lipinski definition) is 1. The molecule has 0 fully saturated rings. The molecule has 0 spiro atoms. The van der Waals surface area contributed by atoms with Crippen molar-refractivity contribution in [2.75, 3.05) is 5.75 Å². The molecule has 2 rings (SSSR count). The van der Waals surface area contributed by atoms with E-state index in [-0.39, 0.29) is 17.5 Å². The third kappa shape index (κ3) is 3.63. The predicted octanol–water partition coefficient (Wildman–Crippen LogP) is 2.83. The highest BCUT2D eigenvalue weighted by Gasteiger charge is 2.06. The van der Waals surface area contributed by atoms with Gasteiger partial charge in [0.25, 0.3) is 0 Å². The van der Waals surface area contributed by atoms with Crippen LogP contribution >= 0.6 is 11.8 Å². The zero-order chi connectivity index (χ0) is 12.8. The van der Waals surface area contributed by atoms with Gasteiger partial charge in [-0.05, 0) is 24.3 Å². The monoisotopic (exact) mass is 265 g/mol. The van der Waals surface area contributed by atoms with Crippen molar-refractivity contribution in [1.29, 1.82) is 0 Å². The minimum atomic E-state index is -0.304. The van der Waals surface area contributed by atoms with Crippen molar-refractivity contribution in [3.05, 3.63) is 54.2 Å². The van der Waals surface area contributed by atoms with Crippen LogP contribution in [0.4, 0.5) is 4.39 Å². The van der Waals surface area contributed by atoms with E-state index in [0.29, 0.717) is 17.2 Å². The fourth-order valence-corrected chi connectivity index (χ4v) is 2.12. The number of rotatable bonds is 5. The molecule has 1 N–H and O–H groups in total. The molecule has 0 aliphatic carbocycles. The summed E-state index contributed by atoms with van der Waals surface area (Å²) in [4.78, 5) is 12.0. The highest BCUT2D eigenvalue weighted by Crippen LogP contribution is 2.20. The number of carbonyl (C=O) groups is 1. The van der Waals surface area contributed by atoms with Gasteiger partial charge in [0.05, 0.1) is 18.6 Å². The topological polar surface area (TPSA) is 42.2 Å². The van der Waals surface area contributed by atoms with Crippen molar-refractivity contribution in [3.8, 4) is 0 Å². The lowest BCUT2D eigenvalue weighted by molar-refractivity contribution is -0.118. The highest BCUT2D eigenvalue weighted by molar-refractivity contribution is 8.00. The number of furan rings is 1. The molecule has 1 amide bonds. The quantitative estimate of drug-likeness (QED) is 0.845. The first kappa shape index (κ1) is 12.7. The van der Waals surface area contributed by atoms with Crippen LogP contribution in [0.3, 0.4) is 0 Å². The number of hydrogen-bond acceptors (Lipinski definition) is 3. The maximum atomic E-state index is 13.3. The first-order chi connectivity index (χ1) is 8.75. The van der Waals surface area contributed by atoms with Gasteiger partial charge >= 0.3 is 0 Å². The van der Waals surface area contributed by atoms with Gasteiger partial charge in [0, 0.05) is 4.90 Å². The summed E-state index contributed by atoms with van der Waals surface area (Å²) in [6.07, 6.45) is 1.55. The summed E-state index contributed by atoms with van der Waals surface area (Å²) in [7, 11) is 0. The Kier molecular flexibility index (Phi) is 4.41. The number of halogens is 1. The summed E-state index contributed by atoms with van der Waals surface area (Å²) in [5.74, 6) is 0.419. The van der Waals surface area contributed by atoms with Gasteiger partial charge in [-0.3, -0.25) is 4.79 Å². The van der Waals surface area contributed by atoms with Gasteiger partial charge in [0.2, 0.25) is 5.91 Å². The van der Waals surface area contributed by atoms with Crippen molar-refractivity contribution in [3.63, 3.8) is 0 Å². The average molecular weight is 265 g/mol. The van der Waals surface area contributed by atoms with Gasteiger partial charge in [-0.15, -0.1) is 11.8 Å². The van der Waals surface area contributed by atoms with Crippen molar-refractivity contribution in [2.45, 2.75) is 11.4 Å². The molecule has 18 heavy (non-hydrogen) atoms. The molecular weight excluding hydrogens is 253 g/mol. The number of benzene rings is 1. The van der Waals surface area contributed by atoms with Crippen LogP contribution in [-0.2, 0) is 11.3 Å². The van der Waals surface area contributed by atoms with Crippen LogP contribution in [0.15, 0.2) is 52.0 Å². The molecule has 0 aliphatic rings. The van der Waals surface area contributed by atoms with Gasteiger partial charge in [-0.2, -0.15) is 0 Å². The zero-order valence-electron chi connectivity index (χ0n) is 9.56. The number of thioether (sulfide) groups is 1. The summed E-state index contributed by atoms with van der Waals surface area (Å²) in [5.41, 5.74) is 0. The Balaban J connectivity index is 1.77. The average Bonchev–Trinajstić information content (AvgIpc) is 2.88. The van der Waals surface area contributed by atoms with Crippen LogP contribution in [-0.4, -0.2) is 11.7 Å². The molecule has 94 valence electrons. The number of nitrogens with one attached hydrogen (secondary N) is 1. The third-order valence-electron chi connectivity index (χ3n) is 2.24. The normalized spacial score (nSPS) is 10.3. The smallest absolute Gasteiger partial charge is 0.230 e. The van der Waals surface area contributed by atoms with Crippen LogP contribution in [0, 0.1) is 5.82 Å². The fourth-order valence-electron chi connectivity index (χ4n) is 1.35. The Bertz CT molecular complexity index is 513. The molecule has 0 unspecified atom stereocenters. The lowest BCUT2D eigenvalue weighted by Gasteiger charge is -2.04. The van der Waals surface area contributed by atoms with E-state index in [4.69, 9.17) is 4.42 Å². The zero-order valence-corrected chi connectivity index (χ0v) is 10.4. The predicted molar refractivity (Wildman–Crippen MR) is 67.7 cm³/mol. The molecule has 1 aromatic heterocycles. The molecule has 0 atom stereocenters. The molecule has 0 bridgehead atoms. The van der Waals surface area contributed by atoms with Crippen molar-refractivity contribution in [1.82, 2.24) is 5.32 Å². The Morgan fingerprint density at radius 3 is 2.83 bits per heavy atom. The molecule has 1 aromatic carbocycles. The van der Waals surface area contributed by atoms with E-state index in [1.54, 1.807) is 36.6 Å². The lowest BCUT2D eigenvalue weighted by atomic mass is 10.3. The van der Waals surface area contributed by atoms with Gasteiger partial charge in [-0.1, -0.05) is 12.1 Å². The van der Waals surface area contributed by atoms with Crippen LogP contribution in [0.1, 0.15) is 5.76 Å². The first-order valence-electron chi connectivity index (χ1n) is 5.42. The summed E-state index contributed by atoms with van der Waals surface area (Å²) in [6.45, 7) is 0.351. The fraction of sp³-hybridized carbons (Fsp3) is 0.154. The first-order valence-corrected chi connectivity index (χ1v) is 6.40. The number of carbonyl (C=O) groups excluding carboxylic acids is 1. The van der Waals surface area contributed by atoms with Crippen LogP contribution in [0.25, 0.3) is 0 Å². The van der Waals surface area contributed by atoms with E-state index >= 15 is 0 Å². The van der Waals surface area contributed by atoms with Gasteiger partial charge < -0.3 is 9.73 Å². The minimum Gasteiger partial charge on any atom is -0.467 e. The van der Waals surface area contributed by atoms with Crippen molar-refractivity contribution in [2.24, 2.45) is 0 Å². The third-order valence-corrected chi connectivity index (χ3v) is 3.28.